The molecule has 0 saturated heterocycles. The zero-order valence-electron chi connectivity index (χ0n) is 13.6. The number of rotatable bonds is 7. The van der Waals surface area contributed by atoms with Crippen LogP contribution in [0.25, 0.3) is 0 Å². The summed E-state index contributed by atoms with van der Waals surface area (Å²) in [5.74, 6) is 1.00. The Morgan fingerprint density at radius 1 is 0.864 bits per heavy atom. The molecule has 0 aromatic heterocycles. The van der Waals surface area contributed by atoms with Crippen LogP contribution in [0.4, 0.5) is 17.1 Å². The largest absolute Gasteiger partial charge is 0.506 e. The van der Waals surface area contributed by atoms with Gasteiger partial charge >= 0.3 is 0 Å². The summed E-state index contributed by atoms with van der Waals surface area (Å²) >= 11 is 0. The summed E-state index contributed by atoms with van der Waals surface area (Å²) in [6.07, 6.45) is 2.41. The van der Waals surface area contributed by atoms with Crippen LogP contribution >= 0.6 is 0 Å². The quantitative estimate of drug-likeness (QED) is 0.602. The molecule has 0 aliphatic rings. The Bertz CT molecular complexity index is 578. The second-order valence-electron chi connectivity index (χ2n) is 6.24. The maximum atomic E-state index is 9.77. The van der Waals surface area contributed by atoms with Crippen LogP contribution in [-0.4, -0.2) is 11.1 Å². The Balaban J connectivity index is 1.91. The molecule has 2 aromatic rings. The van der Waals surface area contributed by atoms with Gasteiger partial charge in [-0.2, -0.15) is 0 Å². The van der Waals surface area contributed by atoms with Crippen LogP contribution < -0.4 is 10.6 Å². The SMILES string of the molecule is CC(C)CCC(C)Nc1ccc(Nc2ccccc2O)cc1. The molecule has 1 unspecified atom stereocenters. The van der Waals surface area contributed by atoms with Crippen LogP contribution in [0.5, 0.6) is 5.75 Å². The molecule has 0 bridgehead atoms. The topological polar surface area (TPSA) is 44.3 Å². The van der Waals surface area contributed by atoms with Gasteiger partial charge in [0.05, 0.1) is 5.69 Å². The molecule has 3 nitrogen and oxygen atoms in total. The fourth-order valence-electron chi connectivity index (χ4n) is 2.32. The monoisotopic (exact) mass is 298 g/mol. The van der Waals surface area contributed by atoms with Gasteiger partial charge in [-0.1, -0.05) is 26.0 Å². The molecule has 2 rings (SSSR count). The van der Waals surface area contributed by atoms with Gasteiger partial charge < -0.3 is 15.7 Å². The van der Waals surface area contributed by atoms with Crippen LogP contribution in [0.2, 0.25) is 0 Å². The van der Waals surface area contributed by atoms with Crippen molar-refractivity contribution in [2.24, 2.45) is 5.92 Å². The fraction of sp³-hybridized carbons (Fsp3) is 0.368. The van der Waals surface area contributed by atoms with E-state index in [0.717, 1.165) is 17.3 Å². The molecule has 0 heterocycles. The highest BCUT2D eigenvalue weighted by molar-refractivity contribution is 5.67. The van der Waals surface area contributed by atoms with E-state index in [1.807, 2.05) is 30.3 Å². The number of phenols is 1. The predicted molar refractivity (Wildman–Crippen MR) is 95.0 cm³/mol. The van der Waals surface area contributed by atoms with E-state index in [0.29, 0.717) is 11.7 Å². The van der Waals surface area contributed by atoms with Gasteiger partial charge in [-0.3, -0.25) is 0 Å². The molecule has 0 aliphatic carbocycles. The molecule has 0 fully saturated rings. The Labute approximate surface area is 133 Å². The minimum absolute atomic E-state index is 0.256. The Morgan fingerprint density at radius 3 is 2.14 bits per heavy atom. The first kappa shape index (κ1) is 16.2. The van der Waals surface area contributed by atoms with Crippen molar-refractivity contribution in [2.75, 3.05) is 10.6 Å². The van der Waals surface area contributed by atoms with Gasteiger partial charge in [-0.05, 0) is 62.1 Å². The fourth-order valence-corrected chi connectivity index (χ4v) is 2.32. The molecule has 0 aliphatic heterocycles. The molecule has 0 spiro atoms. The molecule has 0 amide bonds. The molecule has 3 heteroatoms. The maximum Gasteiger partial charge on any atom is 0.139 e. The molecule has 2 aromatic carbocycles. The van der Waals surface area contributed by atoms with Crippen LogP contribution in [0.15, 0.2) is 48.5 Å². The number of phenolic OH excluding ortho intramolecular Hbond substituents is 1. The standard InChI is InChI=1S/C19H26N2O/c1-14(2)8-9-15(3)20-16-10-12-17(13-11-16)21-18-6-4-5-7-19(18)22/h4-7,10-15,20-22H,8-9H2,1-3H3. The Morgan fingerprint density at radius 2 is 1.50 bits per heavy atom. The third kappa shape index (κ3) is 4.99. The lowest BCUT2D eigenvalue weighted by Gasteiger charge is -2.17. The Hall–Kier alpha value is -2.16. The second kappa shape index (κ2) is 7.74. The molecule has 3 N–H and O–H groups in total. The molecule has 0 radical (unpaired) electrons. The summed E-state index contributed by atoms with van der Waals surface area (Å²) in [4.78, 5) is 0. The van der Waals surface area contributed by atoms with Crippen molar-refractivity contribution in [1.29, 1.82) is 0 Å². The van der Waals surface area contributed by atoms with Crippen molar-refractivity contribution in [3.63, 3.8) is 0 Å². The van der Waals surface area contributed by atoms with E-state index in [-0.39, 0.29) is 5.75 Å². The molecule has 1 atom stereocenters. The normalized spacial score (nSPS) is 12.2. The highest BCUT2D eigenvalue weighted by atomic mass is 16.3. The number of hydrogen-bond acceptors (Lipinski definition) is 3. The summed E-state index contributed by atoms with van der Waals surface area (Å²) in [5.41, 5.74) is 2.80. The number of benzene rings is 2. The van der Waals surface area contributed by atoms with E-state index >= 15 is 0 Å². The lowest BCUT2D eigenvalue weighted by Crippen LogP contribution is -2.15. The van der Waals surface area contributed by atoms with E-state index < -0.39 is 0 Å². The van der Waals surface area contributed by atoms with Crippen molar-refractivity contribution in [2.45, 2.75) is 39.7 Å². The lowest BCUT2D eigenvalue weighted by molar-refractivity contribution is 0.478. The van der Waals surface area contributed by atoms with Crippen LogP contribution in [0.1, 0.15) is 33.6 Å². The van der Waals surface area contributed by atoms with Gasteiger partial charge in [0.25, 0.3) is 0 Å². The smallest absolute Gasteiger partial charge is 0.139 e. The number of nitrogens with one attached hydrogen (secondary N) is 2. The van der Waals surface area contributed by atoms with Crippen molar-refractivity contribution < 1.29 is 5.11 Å². The summed E-state index contributed by atoms with van der Waals surface area (Å²) < 4.78 is 0. The predicted octanol–water partition coefficient (Wildman–Crippen LogP) is 5.37. The van der Waals surface area contributed by atoms with Gasteiger partial charge in [0.2, 0.25) is 0 Å². The first-order chi connectivity index (χ1) is 10.5. The van der Waals surface area contributed by atoms with E-state index in [1.165, 1.54) is 12.8 Å². The van der Waals surface area contributed by atoms with Gasteiger partial charge in [0.1, 0.15) is 5.75 Å². The van der Waals surface area contributed by atoms with E-state index in [1.54, 1.807) is 6.07 Å². The summed E-state index contributed by atoms with van der Waals surface area (Å²) in [6, 6.07) is 15.9. The lowest BCUT2D eigenvalue weighted by atomic mass is 10.0. The average Bonchev–Trinajstić information content (AvgIpc) is 2.49. The maximum absolute atomic E-state index is 9.77. The second-order valence-corrected chi connectivity index (χ2v) is 6.24. The zero-order valence-corrected chi connectivity index (χ0v) is 13.6. The Kier molecular flexibility index (Phi) is 5.70. The first-order valence-electron chi connectivity index (χ1n) is 7.96. The number of anilines is 3. The van der Waals surface area contributed by atoms with Crippen molar-refractivity contribution in [1.82, 2.24) is 0 Å². The highest BCUT2D eigenvalue weighted by Gasteiger charge is 2.04. The van der Waals surface area contributed by atoms with Crippen LogP contribution in [0, 0.1) is 5.92 Å². The molecular weight excluding hydrogens is 272 g/mol. The molecule has 118 valence electrons. The third-order valence-corrected chi connectivity index (χ3v) is 3.66. The minimum atomic E-state index is 0.256. The highest BCUT2D eigenvalue weighted by Crippen LogP contribution is 2.26. The number of aromatic hydroxyl groups is 1. The van der Waals surface area contributed by atoms with Crippen LogP contribution in [-0.2, 0) is 0 Å². The number of hydrogen-bond donors (Lipinski definition) is 3. The van der Waals surface area contributed by atoms with Gasteiger partial charge in [-0.25, -0.2) is 0 Å². The molecular formula is C19H26N2O. The molecule has 0 saturated carbocycles. The zero-order chi connectivity index (χ0) is 15.9. The average molecular weight is 298 g/mol. The number of para-hydroxylation sites is 2. The third-order valence-electron chi connectivity index (χ3n) is 3.66. The van der Waals surface area contributed by atoms with Crippen LogP contribution in [0.3, 0.4) is 0 Å². The van der Waals surface area contributed by atoms with Gasteiger partial charge in [0, 0.05) is 17.4 Å². The van der Waals surface area contributed by atoms with E-state index in [9.17, 15) is 5.11 Å². The van der Waals surface area contributed by atoms with E-state index in [2.05, 4.69) is 43.5 Å². The van der Waals surface area contributed by atoms with Gasteiger partial charge in [0.15, 0.2) is 0 Å². The summed E-state index contributed by atoms with van der Waals surface area (Å²) in [6.45, 7) is 6.73. The van der Waals surface area contributed by atoms with Crippen molar-refractivity contribution >= 4 is 17.1 Å². The first-order valence-corrected chi connectivity index (χ1v) is 7.96. The van der Waals surface area contributed by atoms with Crippen molar-refractivity contribution in [3.05, 3.63) is 48.5 Å². The summed E-state index contributed by atoms with van der Waals surface area (Å²) in [5, 5.41) is 16.5. The summed E-state index contributed by atoms with van der Waals surface area (Å²) in [7, 11) is 0. The molecule has 22 heavy (non-hydrogen) atoms. The van der Waals surface area contributed by atoms with Gasteiger partial charge in [-0.15, -0.1) is 0 Å². The van der Waals surface area contributed by atoms with E-state index in [4.69, 9.17) is 0 Å². The minimum Gasteiger partial charge on any atom is -0.506 e. The van der Waals surface area contributed by atoms with Crippen molar-refractivity contribution in [3.8, 4) is 5.75 Å².